The second-order valence-electron chi connectivity index (χ2n) is 7.95. The summed E-state index contributed by atoms with van der Waals surface area (Å²) in [7, 11) is 3.70. The Bertz CT molecular complexity index is 1140. The first kappa shape index (κ1) is 23.0. The zero-order chi connectivity index (χ0) is 22.8. The van der Waals surface area contributed by atoms with Crippen LogP contribution in [0.3, 0.4) is 0 Å². The molecule has 2 aromatic rings. The van der Waals surface area contributed by atoms with E-state index in [1.807, 2.05) is 25.1 Å². The molecule has 3 heterocycles. The molecule has 2 fully saturated rings. The van der Waals surface area contributed by atoms with Crippen LogP contribution in [-0.2, 0) is 16.1 Å². The Kier molecular flexibility index (Phi) is 6.99. The van der Waals surface area contributed by atoms with Gasteiger partial charge in [-0.2, -0.15) is 0 Å². The number of hydrogen-bond donors (Lipinski definition) is 0. The molecule has 0 saturated carbocycles. The standard InChI is InChI=1S/C23H28N4O3S2/c1-4-26-18-8-6-5-7-16(18)20(25-11-9-24(2)10-12-25)17(21(26)28)15-19-22(29)27(13-14-30-3)23(31)32-19/h5-8,15H,4,9-14H2,1-3H3. The number of aromatic nitrogens is 1. The van der Waals surface area contributed by atoms with Crippen molar-refractivity contribution in [2.75, 3.05) is 58.4 Å². The maximum atomic E-state index is 13.7. The average Bonchev–Trinajstić information content (AvgIpc) is 3.06. The van der Waals surface area contributed by atoms with Crippen molar-refractivity contribution in [2.24, 2.45) is 0 Å². The lowest BCUT2D eigenvalue weighted by molar-refractivity contribution is -0.122. The maximum Gasteiger partial charge on any atom is 0.266 e. The number of thiocarbonyl (C=S) groups is 1. The van der Waals surface area contributed by atoms with Crippen LogP contribution < -0.4 is 10.5 Å². The molecule has 32 heavy (non-hydrogen) atoms. The number of rotatable bonds is 6. The molecule has 2 aliphatic heterocycles. The van der Waals surface area contributed by atoms with E-state index in [0.29, 0.717) is 34.5 Å². The number of thioether (sulfide) groups is 1. The third kappa shape index (κ3) is 4.22. The maximum absolute atomic E-state index is 13.7. The third-order valence-electron chi connectivity index (χ3n) is 5.98. The molecule has 9 heteroatoms. The van der Waals surface area contributed by atoms with Crippen molar-refractivity contribution < 1.29 is 9.53 Å². The molecule has 2 saturated heterocycles. The summed E-state index contributed by atoms with van der Waals surface area (Å²) < 4.78 is 7.39. The molecular weight excluding hydrogens is 444 g/mol. The van der Waals surface area contributed by atoms with Gasteiger partial charge in [0, 0.05) is 45.2 Å². The number of benzene rings is 1. The highest BCUT2D eigenvalue weighted by Gasteiger charge is 2.33. The smallest absolute Gasteiger partial charge is 0.266 e. The van der Waals surface area contributed by atoms with Crippen molar-refractivity contribution in [1.82, 2.24) is 14.4 Å². The summed E-state index contributed by atoms with van der Waals surface area (Å²) >= 11 is 6.67. The van der Waals surface area contributed by atoms with Gasteiger partial charge in [0.05, 0.1) is 34.8 Å². The van der Waals surface area contributed by atoms with Gasteiger partial charge in [0.25, 0.3) is 11.5 Å². The van der Waals surface area contributed by atoms with Gasteiger partial charge < -0.3 is 19.1 Å². The van der Waals surface area contributed by atoms with Crippen LogP contribution in [0, 0.1) is 0 Å². The minimum Gasteiger partial charge on any atom is -0.383 e. The number of anilines is 1. The minimum atomic E-state index is -0.169. The van der Waals surface area contributed by atoms with Gasteiger partial charge in [0.2, 0.25) is 0 Å². The largest absolute Gasteiger partial charge is 0.383 e. The molecule has 7 nitrogen and oxygen atoms in total. The van der Waals surface area contributed by atoms with Crippen LogP contribution >= 0.6 is 24.0 Å². The Labute approximate surface area is 197 Å². The molecule has 0 radical (unpaired) electrons. The van der Waals surface area contributed by atoms with Crippen LogP contribution in [0.1, 0.15) is 12.5 Å². The van der Waals surface area contributed by atoms with Crippen molar-refractivity contribution in [3.8, 4) is 0 Å². The van der Waals surface area contributed by atoms with E-state index >= 15 is 0 Å². The zero-order valence-corrected chi connectivity index (χ0v) is 20.3. The van der Waals surface area contributed by atoms with Crippen molar-refractivity contribution in [1.29, 1.82) is 0 Å². The van der Waals surface area contributed by atoms with E-state index in [0.717, 1.165) is 42.8 Å². The van der Waals surface area contributed by atoms with Crippen LogP contribution in [-0.4, -0.2) is 78.1 Å². The molecule has 0 atom stereocenters. The van der Waals surface area contributed by atoms with Crippen molar-refractivity contribution in [3.05, 3.63) is 45.1 Å². The number of hydrogen-bond acceptors (Lipinski definition) is 7. The van der Waals surface area contributed by atoms with E-state index in [-0.39, 0.29) is 11.5 Å². The monoisotopic (exact) mass is 472 g/mol. The molecule has 1 amide bonds. The van der Waals surface area contributed by atoms with Crippen molar-refractivity contribution >= 4 is 56.9 Å². The molecule has 2 aliphatic rings. The number of aryl methyl sites for hydroxylation is 1. The molecule has 4 rings (SSSR count). The van der Waals surface area contributed by atoms with E-state index in [9.17, 15) is 9.59 Å². The predicted molar refractivity (Wildman–Crippen MR) is 135 cm³/mol. The summed E-state index contributed by atoms with van der Waals surface area (Å²) in [5.41, 5.74) is 2.30. The van der Waals surface area contributed by atoms with Crippen molar-refractivity contribution in [3.63, 3.8) is 0 Å². The van der Waals surface area contributed by atoms with Crippen LogP contribution in [0.25, 0.3) is 17.0 Å². The van der Waals surface area contributed by atoms with Crippen LogP contribution in [0.2, 0.25) is 0 Å². The first-order valence-corrected chi connectivity index (χ1v) is 12.0. The van der Waals surface area contributed by atoms with Crippen LogP contribution in [0.5, 0.6) is 0 Å². The molecule has 1 aromatic carbocycles. The summed E-state index contributed by atoms with van der Waals surface area (Å²) in [5.74, 6) is -0.169. The Morgan fingerprint density at radius 3 is 2.56 bits per heavy atom. The number of nitrogens with zero attached hydrogens (tertiary/aromatic N) is 4. The first-order valence-electron chi connectivity index (χ1n) is 10.8. The number of carbonyl (C=O) groups is 1. The lowest BCUT2D eigenvalue weighted by Gasteiger charge is -2.35. The van der Waals surface area contributed by atoms with E-state index in [4.69, 9.17) is 17.0 Å². The fraction of sp³-hybridized carbons (Fsp3) is 0.435. The number of para-hydroxylation sites is 1. The summed E-state index contributed by atoms with van der Waals surface area (Å²) in [6, 6.07) is 8.02. The van der Waals surface area contributed by atoms with Gasteiger partial charge in [0.15, 0.2) is 0 Å². The Balaban J connectivity index is 1.89. The highest BCUT2D eigenvalue weighted by molar-refractivity contribution is 8.26. The molecule has 1 aromatic heterocycles. The zero-order valence-electron chi connectivity index (χ0n) is 18.7. The lowest BCUT2D eigenvalue weighted by atomic mass is 10.1. The number of amides is 1. The van der Waals surface area contributed by atoms with E-state index in [1.54, 1.807) is 22.7 Å². The number of fused-ring (bicyclic) bond motifs is 1. The van der Waals surface area contributed by atoms with Crippen molar-refractivity contribution in [2.45, 2.75) is 13.5 Å². The van der Waals surface area contributed by atoms with Gasteiger partial charge in [-0.25, -0.2) is 0 Å². The Morgan fingerprint density at radius 2 is 1.88 bits per heavy atom. The molecule has 0 unspecified atom stereocenters. The topological polar surface area (TPSA) is 58.0 Å². The lowest BCUT2D eigenvalue weighted by Crippen LogP contribution is -2.45. The Hall–Kier alpha value is -2.20. The van der Waals surface area contributed by atoms with Gasteiger partial charge in [-0.1, -0.05) is 42.2 Å². The van der Waals surface area contributed by atoms with Gasteiger partial charge in [0.1, 0.15) is 4.32 Å². The summed E-state index contributed by atoms with van der Waals surface area (Å²) in [5, 5.41) is 1.03. The minimum absolute atomic E-state index is 0.0812. The molecular formula is C23H28N4O3S2. The fourth-order valence-corrected chi connectivity index (χ4v) is 5.52. The number of ether oxygens (including phenoxy) is 1. The van der Waals surface area contributed by atoms with E-state index < -0.39 is 0 Å². The normalized spacial score (nSPS) is 19.0. The molecule has 0 aliphatic carbocycles. The SMILES string of the molecule is CCn1c(=O)c(C=C2SC(=S)N(CCOC)C2=O)c(N2CCN(C)CC2)c2ccccc21. The average molecular weight is 473 g/mol. The van der Waals surface area contributed by atoms with Crippen LogP contribution in [0.4, 0.5) is 5.69 Å². The highest BCUT2D eigenvalue weighted by atomic mass is 32.2. The Morgan fingerprint density at radius 1 is 1.16 bits per heavy atom. The summed E-state index contributed by atoms with van der Waals surface area (Å²) in [6.45, 7) is 6.83. The van der Waals surface area contributed by atoms with E-state index in [2.05, 4.69) is 22.9 Å². The number of piperazine rings is 1. The van der Waals surface area contributed by atoms with Crippen LogP contribution in [0.15, 0.2) is 34.0 Å². The first-order chi connectivity index (χ1) is 15.5. The number of pyridine rings is 1. The fourth-order valence-electron chi connectivity index (χ4n) is 4.23. The number of methoxy groups -OCH3 is 1. The van der Waals surface area contributed by atoms with E-state index in [1.165, 1.54) is 11.8 Å². The second-order valence-corrected chi connectivity index (χ2v) is 9.62. The summed E-state index contributed by atoms with van der Waals surface area (Å²) in [4.78, 5) is 33.3. The third-order valence-corrected chi connectivity index (χ3v) is 7.36. The quantitative estimate of drug-likeness (QED) is 0.473. The highest BCUT2D eigenvalue weighted by Crippen LogP contribution is 2.36. The molecule has 170 valence electrons. The molecule has 0 N–H and O–H groups in total. The van der Waals surface area contributed by atoms with Gasteiger partial charge in [-0.05, 0) is 26.1 Å². The number of carbonyl (C=O) groups excluding carboxylic acids is 1. The second kappa shape index (κ2) is 9.74. The van der Waals surface area contributed by atoms with Gasteiger partial charge in [-0.15, -0.1) is 0 Å². The van der Waals surface area contributed by atoms with Gasteiger partial charge in [-0.3, -0.25) is 14.5 Å². The molecule has 0 bridgehead atoms. The number of likely N-dealkylation sites (N-methyl/N-ethyl adjacent to an activating group) is 1. The molecule has 0 spiro atoms. The summed E-state index contributed by atoms with van der Waals surface area (Å²) in [6.07, 6.45) is 1.75. The predicted octanol–water partition coefficient (Wildman–Crippen LogP) is 2.62. The van der Waals surface area contributed by atoms with Gasteiger partial charge >= 0.3 is 0 Å².